The van der Waals surface area contributed by atoms with Crippen molar-refractivity contribution in [2.45, 2.75) is 20.3 Å². The van der Waals surface area contributed by atoms with Crippen LogP contribution in [-0.2, 0) is 9.53 Å². The first kappa shape index (κ1) is 22.0. The van der Waals surface area contributed by atoms with Gasteiger partial charge >= 0.3 is 5.97 Å². The summed E-state index contributed by atoms with van der Waals surface area (Å²) in [6.45, 7) is 3.96. The van der Waals surface area contributed by atoms with Gasteiger partial charge in [-0.2, -0.15) is 0 Å². The first-order valence-corrected chi connectivity index (χ1v) is 9.40. The maximum atomic E-state index is 12.3. The molecule has 0 aromatic heterocycles. The highest BCUT2D eigenvalue weighted by atomic mass is 32.1. The van der Waals surface area contributed by atoms with E-state index in [1.54, 1.807) is 24.3 Å². The van der Waals surface area contributed by atoms with Crippen LogP contribution in [0.1, 0.15) is 41.0 Å². The lowest BCUT2D eigenvalue weighted by Crippen LogP contribution is -2.34. The minimum atomic E-state index is -0.474. The highest BCUT2D eigenvalue weighted by Gasteiger charge is 2.11. The van der Waals surface area contributed by atoms with Crippen LogP contribution in [0.2, 0.25) is 0 Å². The van der Waals surface area contributed by atoms with Crippen molar-refractivity contribution in [3.63, 3.8) is 0 Å². The number of esters is 1. The van der Waals surface area contributed by atoms with Crippen molar-refractivity contribution >= 4 is 46.5 Å². The smallest absolute Gasteiger partial charge is 0.337 e. The molecule has 7 nitrogen and oxygen atoms in total. The Hall–Kier alpha value is -3.26. The van der Waals surface area contributed by atoms with Gasteiger partial charge in [0, 0.05) is 23.4 Å². The van der Waals surface area contributed by atoms with Gasteiger partial charge in [0.2, 0.25) is 5.91 Å². The minimum absolute atomic E-state index is 0.0401. The number of nitrogens with one attached hydrogen (secondary N) is 3. The van der Waals surface area contributed by atoms with E-state index in [0.29, 0.717) is 28.9 Å². The number of amides is 2. The van der Waals surface area contributed by atoms with E-state index in [-0.39, 0.29) is 16.9 Å². The Labute approximate surface area is 174 Å². The molecule has 3 N–H and O–H groups in total. The fourth-order valence-corrected chi connectivity index (χ4v) is 2.64. The summed E-state index contributed by atoms with van der Waals surface area (Å²) in [6, 6.07) is 13.0. The predicted octanol–water partition coefficient (Wildman–Crippen LogP) is 3.58. The van der Waals surface area contributed by atoms with Crippen molar-refractivity contribution in [3.05, 3.63) is 59.7 Å². The second-order valence-corrected chi connectivity index (χ2v) is 7.11. The largest absolute Gasteiger partial charge is 0.465 e. The lowest BCUT2D eigenvalue weighted by molar-refractivity contribution is -0.116. The third kappa shape index (κ3) is 7.00. The summed E-state index contributed by atoms with van der Waals surface area (Å²) >= 11 is 5.16. The van der Waals surface area contributed by atoms with Crippen LogP contribution in [0.3, 0.4) is 0 Å². The molecule has 0 radical (unpaired) electrons. The van der Waals surface area contributed by atoms with Crippen LogP contribution in [0.5, 0.6) is 0 Å². The van der Waals surface area contributed by atoms with E-state index in [0.717, 1.165) is 0 Å². The number of thiocarbonyl (C=S) groups is 1. The van der Waals surface area contributed by atoms with Gasteiger partial charge in [-0.15, -0.1) is 0 Å². The van der Waals surface area contributed by atoms with Gasteiger partial charge in [-0.05, 0) is 66.7 Å². The van der Waals surface area contributed by atoms with Crippen molar-refractivity contribution in [1.29, 1.82) is 0 Å². The summed E-state index contributed by atoms with van der Waals surface area (Å²) in [5, 5.41) is 8.43. The summed E-state index contributed by atoms with van der Waals surface area (Å²) in [5.74, 6) is -0.634. The number of carbonyl (C=O) groups is 3. The SMILES string of the molecule is COC(=O)c1ccc(C(=O)NC(=S)Nc2ccc(NC(=O)CC(C)C)cc2)cc1. The Balaban J connectivity index is 1.89. The summed E-state index contributed by atoms with van der Waals surface area (Å²) in [4.78, 5) is 35.5. The Morgan fingerprint density at radius 2 is 1.41 bits per heavy atom. The molecule has 152 valence electrons. The summed E-state index contributed by atoms with van der Waals surface area (Å²) in [6.07, 6.45) is 0.455. The van der Waals surface area contributed by atoms with E-state index in [1.165, 1.54) is 31.4 Å². The maximum absolute atomic E-state index is 12.3. The number of methoxy groups -OCH3 is 1. The zero-order valence-electron chi connectivity index (χ0n) is 16.4. The van der Waals surface area contributed by atoms with Crippen molar-refractivity contribution in [3.8, 4) is 0 Å². The van der Waals surface area contributed by atoms with Crippen molar-refractivity contribution < 1.29 is 19.1 Å². The molecular formula is C21H23N3O4S. The highest BCUT2D eigenvalue weighted by molar-refractivity contribution is 7.80. The standard InChI is InChI=1S/C21H23N3O4S/c1-13(2)12-18(25)22-16-8-10-17(11-9-16)23-21(29)24-19(26)14-4-6-15(7-5-14)20(27)28-3/h4-11,13H,12H2,1-3H3,(H,22,25)(H2,23,24,26,29). The molecule has 0 aliphatic carbocycles. The average Bonchev–Trinajstić information content (AvgIpc) is 2.68. The lowest BCUT2D eigenvalue weighted by Gasteiger charge is -2.11. The molecule has 0 heterocycles. The Morgan fingerprint density at radius 3 is 1.93 bits per heavy atom. The average molecular weight is 413 g/mol. The van der Waals surface area contributed by atoms with Crippen LogP contribution in [0, 0.1) is 5.92 Å². The number of rotatable bonds is 6. The number of carbonyl (C=O) groups excluding carboxylic acids is 3. The molecule has 0 saturated carbocycles. The number of hydrogen-bond acceptors (Lipinski definition) is 5. The first-order chi connectivity index (χ1) is 13.8. The van der Waals surface area contributed by atoms with E-state index in [1.807, 2.05) is 13.8 Å². The third-order valence-electron chi connectivity index (χ3n) is 3.82. The normalized spacial score (nSPS) is 10.2. The molecule has 0 bridgehead atoms. The summed E-state index contributed by atoms with van der Waals surface area (Å²) < 4.78 is 4.62. The Bertz CT molecular complexity index is 893. The molecule has 0 aliphatic heterocycles. The zero-order valence-corrected chi connectivity index (χ0v) is 17.3. The Morgan fingerprint density at radius 1 is 0.897 bits per heavy atom. The van der Waals surface area contributed by atoms with E-state index >= 15 is 0 Å². The van der Waals surface area contributed by atoms with Crippen LogP contribution >= 0.6 is 12.2 Å². The number of hydrogen-bond donors (Lipinski definition) is 3. The van der Waals surface area contributed by atoms with Crippen molar-refractivity contribution in [1.82, 2.24) is 5.32 Å². The van der Waals surface area contributed by atoms with E-state index < -0.39 is 11.9 Å². The fraction of sp³-hybridized carbons (Fsp3) is 0.238. The quantitative estimate of drug-likeness (QED) is 0.495. The molecule has 0 saturated heterocycles. The van der Waals surface area contributed by atoms with Crippen LogP contribution < -0.4 is 16.0 Å². The van der Waals surface area contributed by atoms with Crippen molar-refractivity contribution in [2.24, 2.45) is 5.92 Å². The first-order valence-electron chi connectivity index (χ1n) is 8.99. The topological polar surface area (TPSA) is 96.5 Å². The second kappa shape index (κ2) is 10.3. The van der Waals surface area contributed by atoms with Crippen LogP contribution in [0.25, 0.3) is 0 Å². The maximum Gasteiger partial charge on any atom is 0.337 e. The van der Waals surface area contributed by atoms with Gasteiger partial charge in [0.05, 0.1) is 12.7 Å². The van der Waals surface area contributed by atoms with Crippen LogP contribution in [0.4, 0.5) is 11.4 Å². The molecule has 2 aromatic carbocycles. The van der Waals surface area contributed by atoms with Gasteiger partial charge in [0.25, 0.3) is 5.91 Å². The molecule has 0 unspecified atom stereocenters. The monoisotopic (exact) mass is 413 g/mol. The molecule has 0 atom stereocenters. The van der Waals surface area contributed by atoms with Crippen molar-refractivity contribution in [2.75, 3.05) is 17.7 Å². The fourth-order valence-electron chi connectivity index (χ4n) is 2.43. The number of ether oxygens (including phenoxy) is 1. The third-order valence-corrected chi connectivity index (χ3v) is 4.02. The Kier molecular flexibility index (Phi) is 7.85. The minimum Gasteiger partial charge on any atom is -0.465 e. The summed E-state index contributed by atoms with van der Waals surface area (Å²) in [5.41, 5.74) is 2.05. The zero-order chi connectivity index (χ0) is 21.4. The molecule has 2 rings (SSSR count). The van der Waals surface area contributed by atoms with E-state index in [9.17, 15) is 14.4 Å². The predicted molar refractivity (Wildman–Crippen MR) is 116 cm³/mol. The lowest BCUT2D eigenvalue weighted by atomic mass is 10.1. The molecular weight excluding hydrogens is 390 g/mol. The van der Waals surface area contributed by atoms with Gasteiger partial charge in [0.15, 0.2) is 5.11 Å². The van der Waals surface area contributed by atoms with Crippen LogP contribution in [-0.4, -0.2) is 30.0 Å². The summed E-state index contributed by atoms with van der Waals surface area (Å²) in [7, 11) is 1.29. The van der Waals surface area contributed by atoms with Gasteiger partial charge in [-0.3, -0.25) is 14.9 Å². The van der Waals surface area contributed by atoms with Gasteiger partial charge < -0.3 is 15.4 Å². The molecule has 8 heteroatoms. The molecule has 2 aromatic rings. The molecule has 29 heavy (non-hydrogen) atoms. The van der Waals surface area contributed by atoms with Gasteiger partial charge in [0.1, 0.15) is 0 Å². The second-order valence-electron chi connectivity index (χ2n) is 6.70. The molecule has 0 fully saturated rings. The molecule has 0 aliphatic rings. The van der Waals surface area contributed by atoms with E-state index in [4.69, 9.17) is 12.2 Å². The van der Waals surface area contributed by atoms with E-state index in [2.05, 4.69) is 20.7 Å². The van der Waals surface area contributed by atoms with Crippen LogP contribution in [0.15, 0.2) is 48.5 Å². The molecule has 2 amide bonds. The number of anilines is 2. The highest BCUT2D eigenvalue weighted by Crippen LogP contribution is 2.14. The van der Waals surface area contributed by atoms with Gasteiger partial charge in [-0.25, -0.2) is 4.79 Å². The number of benzene rings is 2. The van der Waals surface area contributed by atoms with Gasteiger partial charge in [-0.1, -0.05) is 13.8 Å². The molecule has 0 spiro atoms.